The largest absolute Gasteiger partial charge is 0.384 e. The Morgan fingerprint density at radius 2 is 2.24 bits per heavy atom. The Labute approximate surface area is 127 Å². The summed E-state index contributed by atoms with van der Waals surface area (Å²) >= 11 is 1.56. The number of aryl methyl sites for hydroxylation is 2. The van der Waals surface area contributed by atoms with Crippen molar-refractivity contribution < 1.29 is 9.90 Å². The van der Waals surface area contributed by atoms with Crippen molar-refractivity contribution >= 4 is 17.2 Å². The first-order valence-electron chi connectivity index (χ1n) is 6.50. The van der Waals surface area contributed by atoms with Crippen LogP contribution >= 0.6 is 11.3 Å². The van der Waals surface area contributed by atoms with E-state index in [0.717, 1.165) is 15.4 Å². The minimum atomic E-state index is -0.227. The van der Waals surface area contributed by atoms with Crippen LogP contribution in [0.4, 0.5) is 0 Å². The fraction of sp³-hybridized carbons (Fsp3) is 0.250. The highest BCUT2D eigenvalue weighted by molar-refractivity contribution is 7.11. The Morgan fingerprint density at radius 1 is 1.43 bits per heavy atom. The number of aliphatic hydroxyl groups excluding tert-OH is 1. The summed E-state index contributed by atoms with van der Waals surface area (Å²) in [6, 6.07) is 5.49. The number of benzene rings is 1. The number of aliphatic hydroxyl groups is 1. The van der Waals surface area contributed by atoms with E-state index in [4.69, 9.17) is 5.11 Å². The SMILES string of the molecule is Cc1ccc(C#CCO)c(C(=O)NCc2cnc(C)s2)c1. The molecule has 5 heteroatoms. The molecule has 0 fully saturated rings. The highest BCUT2D eigenvalue weighted by Crippen LogP contribution is 2.13. The van der Waals surface area contributed by atoms with Gasteiger partial charge in [0.25, 0.3) is 5.91 Å². The molecule has 108 valence electrons. The van der Waals surface area contributed by atoms with Gasteiger partial charge >= 0.3 is 0 Å². The number of hydrogen-bond donors (Lipinski definition) is 2. The second-order valence-corrected chi connectivity index (χ2v) is 5.86. The second kappa shape index (κ2) is 7.02. The molecule has 0 radical (unpaired) electrons. The van der Waals surface area contributed by atoms with Crippen LogP contribution in [-0.4, -0.2) is 22.6 Å². The van der Waals surface area contributed by atoms with Gasteiger partial charge in [0.15, 0.2) is 0 Å². The van der Waals surface area contributed by atoms with Gasteiger partial charge in [-0.3, -0.25) is 4.79 Å². The highest BCUT2D eigenvalue weighted by atomic mass is 32.1. The molecule has 0 aliphatic heterocycles. The zero-order valence-electron chi connectivity index (χ0n) is 11.9. The molecular weight excluding hydrogens is 284 g/mol. The van der Waals surface area contributed by atoms with Gasteiger partial charge in [-0.1, -0.05) is 23.5 Å². The number of nitrogens with zero attached hydrogens (tertiary/aromatic N) is 1. The Morgan fingerprint density at radius 3 is 2.90 bits per heavy atom. The molecule has 0 saturated carbocycles. The average Bonchev–Trinajstić information content (AvgIpc) is 2.89. The maximum atomic E-state index is 12.3. The van der Waals surface area contributed by atoms with Crippen molar-refractivity contribution in [3.8, 4) is 11.8 Å². The number of nitrogens with one attached hydrogen (secondary N) is 1. The van der Waals surface area contributed by atoms with Crippen LogP contribution in [0.15, 0.2) is 24.4 Å². The van der Waals surface area contributed by atoms with Gasteiger partial charge in [-0.05, 0) is 26.0 Å². The van der Waals surface area contributed by atoms with Gasteiger partial charge in [0.2, 0.25) is 0 Å². The summed E-state index contributed by atoms with van der Waals surface area (Å²) in [5, 5.41) is 12.6. The molecule has 0 atom stereocenters. The van der Waals surface area contributed by atoms with E-state index in [1.165, 1.54) is 0 Å². The van der Waals surface area contributed by atoms with Gasteiger partial charge in [0.05, 0.1) is 17.1 Å². The van der Waals surface area contributed by atoms with Crippen LogP contribution in [0.1, 0.15) is 31.4 Å². The number of hydrogen-bond acceptors (Lipinski definition) is 4. The van der Waals surface area contributed by atoms with E-state index in [2.05, 4.69) is 22.1 Å². The average molecular weight is 300 g/mol. The Bertz CT molecular complexity index is 711. The fourth-order valence-corrected chi connectivity index (χ4v) is 2.57. The molecule has 1 heterocycles. The smallest absolute Gasteiger partial charge is 0.252 e. The summed E-state index contributed by atoms with van der Waals surface area (Å²) in [5.41, 5.74) is 2.13. The van der Waals surface area contributed by atoms with Crippen molar-refractivity contribution in [2.45, 2.75) is 20.4 Å². The number of carbonyl (C=O) groups is 1. The van der Waals surface area contributed by atoms with Crippen LogP contribution in [0.2, 0.25) is 0 Å². The third-order valence-corrected chi connectivity index (χ3v) is 3.73. The quantitative estimate of drug-likeness (QED) is 0.853. The standard InChI is InChI=1S/C16H16N2O2S/c1-11-5-6-13(4-3-7-19)15(8-11)16(20)18-10-14-9-17-12(2)21-14/h5-6,8-9,19H,7,10H2,1-2H3,(H,18,20). The molecule has 1 aromatic carbocycles. The Balaban J connectivity index is 2.15. The van der Waals surface area contributed by atoms with E-state index < -0.39 is 0 Å². The van der Waals surface area contributed by atoms with Gasteiger partial charge in [0.1, 0.15) is 6.61 Å². The van der Waals surface area contributed by atoms with Crippen molar-refractivity contribution in [2.75, 3.05) is 6.61 Å². The van der Waals surface area contributed by atoms with Crippen LogP contribution in [0.5, 0.6) is 0 Å². The lowest BCUT2D eigenvalue weighted by Crippen LogP contribution is -2.23. The van der Waals surface area contributed by atoms with E-state index in [9.17, 15) is 4.79 Å². The zero-order valence-corrected chi connectivity index (χ0v) is 12.8. The third kappa shape index (κ3) is 4.15. The molecule has 21 heavy (non-hydrogen) atoms. The lowest BCUT2D eigenvalue weighted by molar-refractivity contribution is 0.0951. The van der Waals surface area contributed by atoms with Gasteiger partial charge in [0, 0.05) is 16.6 Å². The molecule has 0 spiro atoms. The van der Waals surface area contributed by atoms with Gasteiger partial charge in [-0.15, -0.1) is 11.3 Å². The van der Waals surface area contributed by atoms with Crippen LogP contribution in [0.25, 0.3) is 0 Å². The van der Waals surface area contributed by atoms with Crippen molar-refractivity contribution in [3.63, 3.8) is 0 Å². The molecule has 4 nitrogen and oxygen atoms in total. The van der Waals surface area contributed by atoms with Gasteiger partial charge in [-0.25, -0.2) is 4.98 Å². The number of carbonyl (C=O) groups excluding carboxylic acids is 1. The summed E-state index contributed by atoms with van der Waals surface area (Å²) in [6.07, 6.45) is 1.77. The summed E-state index contributed by atoms with van der Waals surface area (Å²) in [6.45, 7) is 4.08. The molecule has 0 aliphatic carbocycles. The predicted molar refractivity (Wildman–Crippen MR) is 83.2 cm³/mol. The number of thiazole rings is 1. The minimum Gasteiger partial charge on any atom is -0.384 e. The molecule has 0 unspecified atom stereocenters. The van der Waals surface area contributed by atoms with Crippen LogP contribution in [0.3, 0.4) is 0 Å². The van der Waals surface area contributed by atoms with E-state index in [1.807, 2.05) is 19.9 Å². The maximum absolute atomic E-state index is 12.3. The molecule has 1 amide bonds. The van der Waals surface area contributed by atoms with Gasteiger partial charge < -0.3 is 10.4 Å². The van der Waals surface area contributed by atoms with Crippen molar-refractivity contribution in [1.82, 2.24) is 10.3 Å². The maximum Gasteiger partial charge on any atom is 0.252 e. The second-order valence-electron chi connectivity index (χ2n) is 4.54. The third-order valence-electron chi connectivity index (χ3n) is 2.81. The summed E-state index contributed by atoms with van der Waals surface area (Å²) < 4.78 is 0. The Kier molecular flexibility index (Phi) is 5.09. The topological polar surface area (TPSA) is 62.2 Å². The van der Waals surface area contributed by atoms with Crippen molar-refractivity contribution in [1.29, 1.82) is 0 Å². The monoisotopic (exact) mass is 300 g/mol. The molecular formula is C16H16N2O2S. The molecule has 1 aromatic heterocycles. The normalized spacial score (nSPS) is 9.86. The summed E-state index contributed by atoms with van der Waals surface area (Å²) in [7, 11) is 0. The summed E-state index contributed by atoms with van der Waals surface area (Å²) in [5.74, 6) is 5.20. The molecule has 0 saturated heterocycles. The molecule has 0 aliphatic rings. The first-order valence-corrected chi connectivity index (χ1v) is 7.31. The predicted octanol–water partition coefficient (Wildman–Crippen LogP) is 2.03. The summed E-state index contributed by atoms with van der Waals surface area (Å²) in [4.78, 5) is 17.5. The van der Waals surface area contributed by atoms with Gasteiger partial charge in [-0.2, -0.15) is 0 Å². The first-order chi connectivity index (χ1) is 10.1. The zero-order chi connectivity index (χ0) is 15.2. The number of rotatable bonds is 3. The van der Waals surface area contributed by atoms with E-state index >= 15 is 0 Å². The molecule has 2 aromatic rings. The number of amides is 1. The highest BCUT2D eigenvalue weighted by Gasteiger charge is 2.11. The van der Waals surface area contributed by atoms with Crippen molar-refractivity contribution in [3.05, 3.63) is 51.0 Å². The lowest BCUT2D eigenvalue weighted by Gasteiger charge is -2.07. The minimum absolute atomic E-state index is 0.174. The number of aromatic nitrogens is 1. The van der Waals surface area contributed by atoms with Crippen molar-refractivity contribution in [2.24, 2.45) is 0 Å². The molecule has 2 N–H and O–H groups in total. The first kappa shape index (κ1) is 15.2. The lowest BCUT2D eigenvalue weighted by atomic mass is 10.0. The fourth-order valence-electron chi connectivity index (χ4n) is 1.84. The van der Waals surface area contributed by atoms with Crippen LogP contribution in [0, 0.1) is 25.7 Å². The molecule has 0 bridgehead atoms. The van der Waals surface area contributed by atoms with E-state index in [1.54, 1.807) is 29.7 Å². The van der Waals surface area contributed by atoms with E-state index in [0.29, 0.717) is 17.7 Å². The Hall–Kier alpha value is -2.16. The molecule has 2 rings (SSSR count). The van der Waals surface area contributed by atoms with Crippen LogP contribution < -0.4 is 5.32 Å². The van der Waals surface area contributed by atoms with E-state index in [-0.39, 0.29) is 12.5 Å². The van der Waals surface area contributed by atoms with Crippen LogP contribution in [-0.2, 0) is 6.54 Å².